The molecule has 0 aliphatic carbocycles. The van der Waals surface area contributed by atoms with Crippen molar-refractivity contribution >= 4 is 10.8 Å². The van der Waals surface area contributed by atoms with Crippen LogP contribution in [0.3, 0.4) is 0 Å². The molecule has 0 saturated heterocycles. The number of nitrogens with zero attached hydrogens (tertiary/aromatic N) is 1. The monoisotopic (exact) mass is 197 g/mol. The summed E-state index contributed by atoms with van der Waals surface area (Å²) in [7, 11) is -0.975. The van der Waals surface area contributed by atoms with E-state index >= 15 is 0 Å². The summed E-state index contributed by atoms with van der Waals surface area (Å²) >= 11 is 0. The van der Waals surface area contributed by atoms with Crippen molar-refractivity contribution in [2.45, 2.75) is 37.3 Å². The average Bonchev–Trinajstić information content (AvgIpc) is 2.02. The predicted molar refractivity (Wildman–Crippen MR) is 55.1 cm³/mol. The molecule has 0 amide bonds. The Kier molecular flexibility index (Phi) is 2.86. The third-order valence-corrected chi connectivity index (χ3v) is 3.66. The van der Waals surface area contributed by atoms with Crippen LogP contribution in [0.15, 0.2) is 23.2 Å². The fourth-order valence-electron chi connectivity index (χ4n) is 0.995. The molecule has 1 atom stereocenters. The summed E-state index contributed by atoms with van der Waals surface area (Å²) in [5, 5.41) is 0. The Balaban J connectivity index is 3.10. The van der Waals surface area contributed by atoms with Crippen LogP contribution in [0.1, 0.15) is 26.5 Å². The van der Waals surface area contributed by atoms with Crippen LogP contribution in [0, 0.1) is 6.92 Å². The van der Waals surface area contributed by atoms with Gasteiger partial charge in [0.25, 0.3) is 0 Å². The summed E-state index contributed by atoms with van der Waals surface area (Å²) in [6.45, 7) is 7.79. The Morgan fingerprint density at radius 2 is 2.00 bits per heavy atom. The third kappa shape index (κ3) is 2.37. The normalized spacial score (nSPS) is 14.2. The predicted octanol–water partition coefficient (Wildman–Crippen LogP) is 2.30. The zero-order valence-corrected chi connectivity index (χ0v) is 9.31. The molecule has 72 valence electrons. The Labute approximate surface area is 81.9 Å². The summed E-state index contributed by atoms with van der Waals surface area (Å²) in [5.41, 5.74) is 0.857. The largest absolute Gasteiger partial charge is 0.260 e. The first kappa shape index (κ1) is 10.4. The lowest BCUT2D eigenvalue weighted by Gasteiger charge is -2.18. The smallest absolute Gasteiger partial charge is 0.0605 e. The van der Waals surface area contributed by atoms with Gasteiger partial charge in [0.05, 0.1) is 21.4 Å². The molecule has 1 heterocycles. The van der Waals surface area contributed by atoms with Gasteiger partial charge in [-0.15, -0.1) is 0 Å². The van der Waals surface area contributed by atoms with Crippen LogP contribution in [0.25, 0.3) is 0 Å². The molecule has 0 aliphatic rings. The van der Waals surface area contributed by atoms with E-state index in [1.807, 2.05) is 39.8 Å². The first-order valence-electron chi connectivity index (χ1n) is 4.26. The minimum absolute atomic E-state index is 0.214. The van der Waals surface area contributed by atoms with E-state index in [1.54, 1.807) is 6.20 Å². The number of rotatable bonds is 1. The van der Waals surface area contributed by atoms with E-state index < -0.39 is 10.8 Å². The van der Waals surface area contributed by atoms with Crippen LogP contribution in [0.4, 0.5) is 0 Å². The van der Waals surface area contributed by atoms with Gasteiger partial charge in [0, 0.05) is 10.9 Å². The van der Waals surface area contributed by atoms with Gasteiger partial charge in [0.2, 0.25) is 0 Å². The van der Waals surface area contributed by atoms with Crippen molar-refractivity contribution in [2.24, 2.45) is 0 Å². The molecule has 3 heteroatoms. The van der Waals surface area contributed by atoms with Crippen LogP contribution in [-0.2, 0) is 10.8 Å². The highest BCUT2D eigenvalue weighted by Gasteiger charge is 2.22. The van der Waals surface area contributed by atoms with Crippen LogP contribution >= 0.6 is 0 Å². The average molecular weight is 197 g/mol. The number of hydrogen-bond acceptors (Lipinski definition) is 2. The number of hydrogen-bond donors (Lipinski definition) is 0. The van der Waals surface area contributed by atoms with E-state index in [0.29, 0.717) is 0 Å². The highest BCUT2D eigenvalue weighted by molar-refractivity contribution is 7.86. The van der Waals surface area contributed by atoms with Gasteiger partial charge in [-0.1, -0.05) is 0 Å². The molecule has 0 radical (unpaired) electrons. The second-order valence-corrected chi connectivity index (χ2v) is 6.17. The maximum Gasteiger partial charge on any atom is 0.0605 e. The molecular weight excluding hydrogens is 182 g/mol. The zero-order valence-electron chi connectivity index (χ0n) is 8.50. The molecule has 0 bridgehead atoms. The van der Waals surface area contributed by atoms with Crippen LogP contribution in [0.2, 0.25) is 0 Å². The summed E-state index contributed by atoms with van der Waals surface area (Å²) in [6.07, 6.45) is 1.72. The van der Waals surface area contributed by atoms with E-state index in [4.69, 9.17) is 0 Å². The Bertz CT molecular complexity index is 328. The molecule has 0 unspecified atom stereocenters. The third-order valence-electron chi connectivity index (χ3n) is 1.71. The zero-order chi connectivity index (χ0) is 10.1. The van der Waals surface area contributed by atoms with E-state index in [1.165, 1.54) is 0 Å². The molecule has 0 N–H and O–H groups in total. The van der Waals surface area contributed by atoms with E-state index in [0.717, 1.165) is 10.6 Å². The van der Waals surface area contributed by atoms with E-state index in [2.05, 4.69) is 4.98 Å². The van der Waals surface area contributed by atoms with Crippen molar-refractivity contribution in [3.05, 3.63) is 24.0 Å². The van der Waals surface area contributed by atoms with Gasteiger partial charge >= 0.3 is 0 Å². The second-order valence-electron chi connectivity index (χ2n) is 3.97. The van der Waals surface area contributed by atoms with E-state index in [9.17, 15) is 4.21 Å². The minimum atomic E-state index is -0.975. The lowest BCUT2D eigenvalue weighted by Crippen LogP contribution is -2.22. The summed E-state index contributed by atoms with van der Waals surface area (Å²) < 4.78 is 11.7. The molecule has 0 fully saturated rings. The summed E-state index contributed by atoms with van der Waals surface area (Å²) in [6, 6.07) is 3.70. The Morgan fingerprint density at radius 3 is 2.46 bits per heavy atom. The van der Waals surface area contributed by atoms with Crippen LogP contribution in [-0.4, -0.2) is 13.9 Å². The van der Waals surface area contributed by atoms with Crippen molar-refractivity contribution in [3.63, 3.8) is 0 Å². The van der Waals surface area contributed by atoms with Gasteiger partial charge in [-0.05, 0) is 39.8 Å². The molecule has 1 aromatic heterocycles. The summed E-state index contributed by atoms with van der Waals surface area (Å²) in [5.74, 6) is 0. The van der Waals surface area contributed by atoms with E-state index in [-0.39, 0.29) is 4.75 Å². The topological polar surface area (TPSA) is 30.0 Å². The maximum atomic E-state index is 12.0. The fraction of sp³-hybridized carbons (Fsp3) is 0.500. The fourth-order valence-corrected chi connectivity index (χ4v) is 2.18. The number of pyridine rings is 1. The Hall–Kier alpha value is -0.700. The lowest BCUT2D eigenvalue weighted by molar-refractivity contribution is 0.647. The molecule has 0 saturated carbocycles. The number of aromatic nitrogens is 1. The molecule has 1 rings (SSSR count). The van der Waals surface area contributed by atoms with Gasteiger partial charge in [-0.3, -0.25) is 9.19 Å². The number of aryl methyl sites for hydroxylation is 1. The maximum absolute atomic E-state index is 12.0. The first-order valence-corrected chi connectivity index (χ1v) is 5.41. The van der Waals surface area contributed by atoms with Gasteiger partial charge in [0.15, 0.2) is 0 Å². The lowest BCUT2D eigenvalue weighted by atomic mass is 10.3. The molecule has 2 nitrogen and oxygen atoms in total. The van der Waals surface area contributed by atoms with Gasteiger partial charge in [-0.25, -0.2) is 0 Å². The molecule has 0 spiro atoms. The van der Waals surface area contributed by atoms with Gasteiger partial charge < -0.3 is 0 Å². The molecule has 0 aromatic carbocycles. The molecule has 0 aliphatic heterocycles. The standard InChI is InChI=1S/C10H15NOS/c1-8-9(6-5-7-11-8)13(12)10(2,3)4/h5-7H,1-4H3/t13-/m1/s1. The van der Waals surface area contributed by atoms with Gasteiger partial charge in [-0.2, -0.15) is 0 Å². The van der Waals surface area contributed by atoms with Crippen LogP contribution in [0.5, 0.6) is 0 Å². The summed E-state index contributed by atoms with van der Waals surface area (Å²) in [4.78, 5) is 4.96. The minimum Gasteiger partial charge on any atom is -0.260 e. The van der Waals surface area contributed by atoms with Crippen molar-refractivity contribution < 1.29 is 4.21 Å². The molecular formula is C10H15NOS. The van der Waals surface area contributed by atoms with Crippen LogP contribution < -0.4 is 0 Å². The quantitative estimate of drug-likeness (QED) is 0.691. The highest BCUT2D eigenvalue weighted by Crippen LogP contribution is 2.21. The van der Waals surface area contributed by atoms with Crippen molar-refractivity contribution in [3.8, 4) is 0 Å². The van der Waals surface area contributed by atoms with Gasteiger partial charge in [0.1, 0.15) is 0 Å². The second kappa shape index (κ2) is 3.58. The highest BCUT2D eigenvalue weighted by atomic mass is 32.2. The molecule has 13 heavy (non-hydrogen) atoms. The van der Waals surface area contributed by atoms with Crippen molar-refractivity contribution in [2.75, 3.05) is 0 Å². The molecule has 1 aromatic rings. The van der Waals surface area contributed by atoms with Crippen molar-refractivity contribution in [1.82, 2.24) is 4.98 Å². The Morgan fingerprint density at radius 1 is 1.38 bits per heavy atom. The SMILES string of the molecule is Cc1ncccc1[S@@](=O)C(C)(C)C. The first-order chi connectivity index (χ1) is 5.93. The van der Waals surface area contributed by atoms with Crippen molar-refractivity contribution in [1.29, 1.82) is 0 Å².